The molecule has 1 aromatic rings. The Balaban J connectivity index is 2.53. The van der Waals surface area contributed by atoms with Gasteiger partial charge in [0.05, 0.1) is 6.10 Å². The molecule has 1 aliphatic rings. The molecule has 0 radical (unpaired) electrons. The van der Waals surface area contributed by atoms with Crippen LogP contribution in [0.15, 0.2) is 21.9 Å². The molecule has 4 atom stereocenters. The summed E-state index contributed by atoms with van der Waals surface area (Å²) in [5, 5.41) is 19.5. The Kier molecular flexibility index (Phi) is 2.98. The van der Waals surface area contributed by atoms with Gasteiger partial charge in [0.2, 0.25) is 4.63 Å². The van der Waals surface area contributed by atoms with Crippen LogP contribution in [0.5, 0.6) is 0 Å². The van der Waals surface area contributed by atoms with E-state index in [1.807, 2.05) is 4.98 Å². The van der Waals surface area contributed by atoms with E-state index >= 15 is 0 Å². The van der Waals surface area contributed by atoms with E-state index in [9.17, 15) is 19.8 Å². The predicted molar refractivity (Wildman–Crippen MR) is 60.8 cm³/mol. The average Bonchev–Trinajstić information content (AvgIpc) is 2.43. The van der Waals surface area contributed by atoms with E-state index in [1.54, 1.807) is 6.92 Å². The molecule has 1 aromatic heterocycles. The highest BCUT2D eigenvalue weighted by atomic mass is 79.9. The summed E-state index contributed by atoms with van der Waals surface area (Å²) in [6, 6.07) is 1.12. The lowest BCUT2D eigenvalue weighted by molar-refractivity contribution is -0.0607. The molecule has 0 aliphatic carbocycles. The number of aliphatic hydroxyl groups excluding tert-OH is 2. The maximum atomic E-state index is 11.6. The lowest BCUT2D eigenvalue weighted by Gasteiger charge is -2.27. The Morgan fingerprint density at radius 3 is 2.65 bits per heavy atom. The van der Waals surface area contributed by atoms with Gasteiger partial charge in [0.15, 0.2) is 0 Å². The summed E-state index contributed by atoms with van der Waals surface area (Å²) in [7, 11) is 0. The third-order valence-electron chi connectivity index (χ3n) is 2.67. The van der Waals surface area contributed by atoms with Gasteiger partial charge in [-0.05, 0) is 22.9 Å². The fourth-order valence-corrected chi connectivity index (χ4v) is 2.57. The van der Waals surface area contributed by atoms with Crippen LogP contribution in [-0.4, -0.2) is 38.1 Å². The van der Waals surface area contributed by atoms with Gasteiger partial charge in [-0.2, -0.15) is 0 Å². The molecule has 3 N–H and O–H groups in total. The van der Waals surface area contributed by atoms with Gasteiger partial charge in [-0.3, -0.25) is 14.3 Å². The van der Waals surface area contributed by atoms with E-state index in [1.165, 1.54) is 6.20 Å². The van der Waals surface area contributed by atoms with Gasteiger partial charge in [-0.25, -0.2) is 4.79 Å². The van der Waals surface area contributed by atoms with Crippen molar-refractivity contribution in [3.63, 3.8) is 0 Å². The van der Waals surface area contributed by atoms with Crippen LogP contribution in [0.4, 0.5) is 0 Å². The molecule has 1 aliphatic heterocycles. The van der Waals surface area contributed by atoms with E-state index in [0.717, 1.165) is 10.6 Å². The van der Waals surface area contributed by atoms with Gasteiger partial charge in [0.25, 0.3) is 5.56 Å². The summed E-state index contributed by atoms with van der Waals surface area (Å²) in [4.78, 5) is 24.6. The number of nitrogens with one attached hydrogen (secondary N) is 1. The summed E-state index contributed by atoms with van der Waals surface area (Å²) in [5.74, 6) is 0. The molecule has 0 spiro atoms. The number of H-pyrrole nitrogens is 1. The molecule has 8 heteroatoms. The summed E-state index contributed by atoms with van der Waals surface area (Å²) < 4.78 is 4.74. The van der Waals surface area contributed by atoms with Crippen molar-refractivity contribution in [1.82, 2.24) is 9.55 Å². The highest BCUT2D eigenvalue weighted by Gasteiger charge is 2.53. The minimum atomic E-state index is -1.58. The van der Waals surface area contributed by atoms with Crippen molar-refractivity contribution >= 4 is 15.9 Å². The highest BCUT2D eigenvalue weighted by Crippen LogP contribution is 2.39. The predicted octanol–water partition coefficient (Wildman–Crippen LogP) is -1.32. The first kappa shape index (κ1) is 12.5. The number of rotatable bonds is 1. The first-order valence-corrected chi connectivity index (χ1v) is 5.71. The van der Waals surface area contributed by atoms with Gasteiger partial charge in [0, 0.05) is 12.3 Å². The number of ether oxygens (including phenoxy) is 1. The number of halogens is 1. The van der Waals surface area contributed by atoms with Gasteiger partial charge in [0.1, 0.15) is 12.2 Å². The second-order valence-corrected chi connectivity index (χ2v) is 4.98. The lowest BCUT2D eigenvalue weighted by atomic mass is 10.1. The van der Waals surface area contributed by atoms with Gasteiger partial charge in [-0.15, -0.1) is 0 Å². The zero-order valence-corrected chi connectivity index (χ0v) is 10.4. The van der Waals surface area contributed by atoms with Crippen LogP contribution in [0.2, 0.25) is 0 Å². The molecule has 0 unspecified atom stereocenters. The third kappa shape index (κ3) is 1.86. The lowest BCUT2D eigenvalue weighted by Crippen LogP contribution is -2.47. The Bertz CT molecular complexity index is 541. The first-order chi connectivity index (χ1) is 7.86. The molecule has 94 valence electrons. The van der Waals surface area contributed by atoms with E-state index in [4.69, 9.17) is 4.74 Å². The number of alkyl halides is 1. The van der Waals surface area contributed by atoms with E-state index in [-0.39, 0.29) is 0 Å². The van der Waals surface area contributed by atoms with Crippen LogP contribution < -0.4 is 11.2 Å². The van der Waals surface area contributed by atoms with Crippen LogP contribution in [0, 0.1) is 0 Å². The quantitative estimate of drug-likeness (QED) is 0.558. The van der Waals surface area contributed by atoms with Crippen LogP contribution >= 0.6 is 15.9 Å². The summed E-state index contributed by atoms with van der Waals surface area (Å²) in [6.07, 6.45) is -1.93. The van der Waals surface area contributed by atoms with Crippen LogP contribution in [-0.2, 0) is 9.37 Å². The van der Waals surface area contributed by atoms with Crippen LogP contribution in [0.3, 0.4) is 0 Å². The normalized spacial score (nSPS) is 37.3. The fourth-order valence-electron chi connectivity index (χ4n) is 1.72. The number of nitrogens with zero attached hydrogens (tertiary/aromatic N) is 1. The maximum absolute atomic E-state index is 11.6. The van der Waals surface area contributed by atoms with Crippen molar-refractivity contribution in [2.75, 3.05) is 0 Å². The molecular formula is C9H11BrN2O5. The van der Waals surface area contributed by atoms with Crippen molar-refractivity contribution in [3.8, 4) is 0 Å². The van der Waals surface area contributed by atoms with Crippen LogP contribution in [0.1, 0.15) is 6.92 Å². The Morgan fingerprint density at radius 1 is 1.53 bits per heavy atom. The zero-order valence-electron chi connectivity index (χ0n) is 8.83. The number of aromatic amines is 1. The first-order valence-electron chi connectivity index (χ1n) is 4.91. The average molecular weight is 307 g/mol. The minimum Gasteiger partial charge on any atom is -0.387 e. The Morgan fingerprint density at radius 2 is 2.18 bits per heavy atom. The molecule has 7 nitrogen and oxygen atoms in total. The van der Waals surface area contributed by atoms with Gasteiger partial charge < -0.3 is 14.9 Å². The second-order valence-electron chi connectivity index (χ2n) is 3.85. The van der Waals surface area contributed by atoms with Crippen molar-refractivity contribution < 1.29 is 14.9 Å². The summed E-state index contributed by atoms with van der Waals surface area (Å²) >= 11 is 3.08. The number of aromatic nitrogens is 2. The number of hydrogen-bond donors (Lipinski definition) is 3. The molecule has 0 amide bonds. The van der Waals surface area contributed by atoms with Gasteiger partial charge >= 0.3 is 5.69 Å². The second kappa shape index (κ2) is 4.05. The van der Waals surface area contributed by atoms with E-state index in [0.29, 0.717) is 0 Å². The largest absolute Gasteiger partial charge is 0.387 e. The molecule has 1 fully saturated rings. The van der Waals surface area contributed by atoms with Crippen molar-refractivity contribution in [3.05, 3.63) is 33.1 Å². The third-order valence-corrected chi connectivity index (χ3v) is 3.71. The zero-order chi connectivity index (χ0) is 12.8. The topological polar surface area (TPSA) is 105 Å². The molecule has 0 bridgehead atoms. The van der Waals surface area contributed by atoms with Crippen molar-refractivity contribution in [2.24, 2.45) is 0 Å². The molecule has 0 saturated carbocycles. The maximum Gasteiger partial charge on any atom is 0.331 e. The molecule has 0 aromatic carbocycles. The molecule has 2 heterocycles. The van der Waals surface area contributed by atoms with Crippen molar-refractivity contribution in [1.29, 1.82) is 0 Å². The summed E-state index contributed by atoms with van der Waals surface area (Å²) in [5.41, 5.74) is -1.29. The summed E-state index contributed by atoms with van der Waals surface area (Å²) in [6.45, 7) is 1.56. The van der Waals surface area contributed by atoms with Gasteiger partial charge in [-0.1, -0.05) is 0 Å². The molecule has 17 heavy (non-hydrogen) atoms. The fraction of sp³-hybridized carbons (Fsp3) is 0.556. The standard InChI is InChI=1S/C9H11BrN2O5/c1-4-6(14)7(15)9(10,17-4)12-3-2-5(13)11-8(12)16/h2-4,6-7,14-15H,1H3,(H,11,13,16)/t4-,6-,7-,9+/m1/s1. The van der Waals surface area contributed by atoms with E-state index in [2.05, 4.69) is 15.9 Å². The van der Waals surface area contributed by atoms with Crippen LogP contribution in [0.25, 0.3) is 0 Å². The highest BCUT2D eigenvalue weighted by molar-refractivity contribution is 9.09. The molecule has 1 saturated heterocycles. The Labute approximate surface area is 104 Å². The number of aliphatic hydroxyl groups is 2. The molecular weight excluding hydrogens is 296 g/mol. The smallest absolute Gasteiger partial charge is 0.331 e. The van der Waals surface area contributed by atoms with Crippen molar-refractivity contribution in [2.45, 2.75) is 29.9 Å². The Hall–Kier alpha value is -0.960. The van der Waals surface area contributed by atoms with E-state index < -0.39 is 34.2 Å². The number of hydrogen-bond acceptors (Lipinski definition) is 5. The SMILES string of the molecule is C[C@H]1O[C@@](Br)(n2ccc(=O)[nH]c2=O)[C@H](O)[C@@H]1O. The minimum absolute atomic E-state index is 0.552. The monoisotopic (exact) mass is 306 g/mol. The molecule has 2 rings (SSSR count).